The lowest BCUT2D eigenvalue weighted by Crippen LogP contribution is -2.35. The number of nitrogens with zero attached hydrogens (tertiary/aromatic N) is 1. The predicted octanol–water partition coefficient (Wildman–Crippen LogP) is 1.79. The maximum Gasteiger partial charge on any atom is 0.338 e. The first kappa shape index (κ1) is 20.4. The lowest BCUT2D eigenvalue weighted by Gasteiger charge is -2.25. The van der Waals surface area contributed by atoms with Crippen molar-refractivity contribution in [1.29, 1.82) is 0 Å². The Labute approximate surface area is 154 Å². The molecular formula is C18H26N2O5S. The van der Waals surface area contributed by atoms with E-state index in [1.54, 1.807) is 0 Å². The summed E-state index contributed by atoms with van der Waals surface area (Å²) in [5.41, 5.74) is 0.111. The fourth-order valence-corrected chi connectivity index (χ4v) is 4.18. The minimum absolute atomic E-state index is 0.0677. The van der Waals surface area contributed by atoms with Crippen LogP contribution in [0.4, 0.5) is 0 Å². The van der Waals surface area contributed by atoms with E-state index in [1.165, 1.54) is 28.6 Å². The van der Waals surface area contributed by atoms with Crippen LogP contribution in [0.5, 0.6) is 0 Å². The second-order valence-corrected chi connectivity index (χ2v) is 8.70. The average Bonchev–Trinajstić information content (AvgIpc) is 2.65. The zero-order valence-corrected chi connectivity index (χ0v) is 16.0. The highest BCUT2D eigenvalue weighted by Crippen LogP contribution is 2.21. The highest BCUT2D eigenvalue weighted by molar-refractivity contribution is 7.89. The largest absolute Gasteiger partial charge is 0.452 e. The molecule has 0 unspecified atom stereocenters. The van der Waals surface area contributed by atoms with E-state index in [1.807, 2.05) is 13.8 Å². The second-order valence-electron chi connectivity index (χ2n) is 6.77. The van der Waals surface area contributed by atoms with Gasteiger partial charge in [-0.2, -0.15) is 4.31 Å². The van der Waals surface area contributed by atoms with Crippen molar-refractivity contribution in [3.63, 3.8) is 0 Å². The number of carbonyl (C=O) groups excluding carboxylic acids is 2. The average molecular weight is 382 g/mol. The quantitative estimate of drug-likeness (QED) is 0.726. The smallest absolute Gasteiger partial charge is 0.338 e. The van der Waals surface area contributed by atoms with E-state index in [2.05, 4.69) is 5.32 Å². The van der Waals surface area contributed by atoms with Crippen molar-refractivity contribution in [2.45, 2.75) is 38.0 Å². The summed E-state index contributed by atoms with van der Waals surface area (Å²) in [6, 6.07) is 5.75. The third-order valence-corrected chi connectivity index (χ3v) is 5.96. The van der Waals surface area contributed by atoms with Crippen LogP contribution in [0, 0.1) is 5.92 Å². The topological polar surface area (TPSA) is 92.8 Å². The summed E-state index contributed by atoms with van der Waals surface area (Å²) in [5.74, 6) is -0.809. The molecule has 0 bridgehead atoms. The molecule has 144 valence electrons. The molecule has 1 saturated heterocycles. The van der Waals surface area contributed by atoms with Gasteiger partial charge in [0.05, 0.1) is 10.5 Å². The zero-order valence-electron chi connectivity index (χ0n) is 15.2. The molecule has 1 N–H and O–H groups in total. The van der Waals surface area contributed by atoms with Gasteiger partial charge in [-0.05, 0) is 37.0 Å². The first-order valence-electron chi connectivity index (χ1n) is 8.84. The minimum Gasteiger partial charge on any atom is -0.452 e. The molecule has 1 fully saturated rings. The van der Waals surface area contributed by atoms with E-state index in [0.29, 0.717) is 25.6 Å². The van der Waals surface area contributed by atoms with Crippen LogP contribution >= 0.6 is 0 Å². The maximum absolute atomic E-state index is 12.7. The van der Waals surface area contributed by atoms with E-state index in [-0.39, 0.29) is 16.4 Å². The molecule has 7 nitrogen and oxygen atoms in total. The van der Waals surface area contributed by atoms with E-state index >= 15 is 0 Å². The van der Waals surface area contributed by atoms with Crippen molar-refractivity contribution in [3.8, 4) is 0 Å². The summed E-state index contributed by atoms with van der Waals surface area (Å²) in [5, 5.41) is 2.65. The minimum atomic E-state index is -3.62. The summed E-state index contributed by atoms with van der Waals surface area (Å²) in [7, 11) is -3.62. The van der Waals surface area contributed by atoms with Gasteiger partial charge in [0, 0.05) is 19.6 Å². The summed E-state index contributed by atoms with van der Waals surface area (Å²) in [4.78, 5) is 23.8. The van der Waals surface area contributed by atoms with Crippen LogP contribution in [0.25, 0.3) is 0 Å². The Hall–Kier alpha value is -1.93. The Balaban J connectivity index is 2.01. The molecule has 0 saturated carbocycles. The van der Waals surface area contributed by atoms with Gasteiger partial charge in [0.25, 0.3) is 5.91 Å². The summed E-state index contributed by atoms with van der Waals surface area (Å²) in [6.45, 7) is 5.01. The highest BCUT2D eigenvalue weighted by atomic mass is 32.2. The van der Waals surface area contributed by atoms with Crippen LogP contribution in [-0.4, -0.2) is 50.8 Å². The molecule has 0 spiro atoms. The normalized spacial score (nSPS) is 15.7. The van der Waals surface area contributed by atoms with E-state index in [4.69, 9.17) is 4.74 Å². The number of piperidine rings is 1. The van der Waals surface area contributed by atoms with Crippen molar-refractivity contribution in [2.75, 3.05) is 26.2 Å². The maximum atomic E-state index is 12.7. The van der Waals surface area contributed by atoms with Gasteiger partial charge in [-0.15, -0.1) is 0 Å². The van der Waals surface area contributed by atoms with Gasteiger partial charge in [0.2, 0.25) is 10.0 Å². The van der Waals surface area contributed by atoms with Crippen LogP contribution in [0.15, 0.2) is 29.2 Å². The van der Waals surface area contributed by atoms with Gasteiger partial charge in [0.15, 0.2) is 6.61 Å². The van der Waals surface area contributed by atoms with Gasteiger partial charge in [-0.3, -0.25) is 4.79 Å². The SMILES string of the molecule is CC(C)CNC(=O)COC(=O)c1cccc(S(=O)(=O)N2CCCCC2)c1. The summed E-state index contributed by atoms with van der Waals surface area (Å²) < 4.78 is 31.8. The molecule has 0 atom stereocenters. The summed E-state index contributed by atoms with van der Waals surface area (Å²) >= 11 is 0. The molecule has 0 aromatic heterocycles. The molecule has 1 aliphatic rings. The summed E-state index contributed by atoms with van der Waals surface area (Å²) in [6.07, 6.45) is 2.70. The number of carbonyl (C=O) groups is 2. The Bertz CT molecular complexity index is 740. The number of benzene rings is 1. The van der Waals surface area contributed by atoms with Gasteiger partial charge >= 0.3 is 5.97 Å². The predicted molar refractivity (Wildman–Crippen MR) is 97.2 cm³/mol. The second kappa shape index (κ2) is 9.14. The van der Waals surface area contributed by atoms with Crippen molar-refractivity contribution in [2.24, 2.45) is 5.92 Å². The molecule has 1 heterocycles. The first-order valence-corrected chi connectivity index (χ1v) is 10.3. The number of hydrogen-bond donors (Lipinski definition) is 1. The third kappa shape index (κ3) is 5.54. The van der Waals surface area contributed by atoms with Gasteiger partial charge in [-0.25, -0.2) is 13.2 Å². The Morgan fingerprint density at radius 1 is 1.19 bits per heavy atom. The Morgan fingerprint density at radius 2 is 1.88 bits per heavy atom. The molecule has 1 aromatic carbocycles. The van der Waals surface area contributed by atoms with E-state index < -0.39 is 22.6 Å². The number of nitrogens with one attached hydrogen (secondary N) is 1. The standard InChI is InChI=1S/C18H26N2O5S/c1-14(2)12-19-17(21)13-25-18(22)15-7-6-8-16(11-15)26(23,24)20-9-4-3-5-10-20/h6-8,11,14H,3-5,9-10,12-13H2,1-2H3,(H,19,21). The third-order valence-electron chi connectivity index (χ3n) is 4.06. The first-order chi connectivity index (χ1) is 12.3. The van der Waals surface area contributed by atoms with Gasteiger partial charge < -0.3 is 10.1 Å². The van der Waals surface area contributed by atoms with Crippen molar-refractivity contribution >= 4 is 21.9 Å². The van der Waals surface area contributed by atoms with Crippen LogP contribution in [0.1, 0.15) is 43.5 Å². The molecule has 0 aliphatic carbocycles. The molecule has 1 amide bonds. The number of esters is 1. The highest BCUT2D eigenvalue weighted by Gasteiger charge is 2.26. The lowest BCUT2D eigenvalue weighted by molar-refractivity contribution is -0.124. The Kier molecular flexibility index (Phi) is 7.16. The molecule has 0 radical (unpaired) electrons. The Morgan fingerprint density at radius 3 is 2.54 bits per heavy atom. The molecule has 26 heavy (non-hydrogen) atoms. The van der Waals surface area contributed by atoms with Crippen molar-refractivity contribution in [3.05, 3.63) is 29.8 Å². The van der Waals surface area contributed by atoms with Crippen molar-refractivity contribution < 1.29 is 22.7 Å². The van der Waals surface area contributed by atoms with Crippen LogP contribution in [0.2, 0.25) is 0 Å². The fraction of sp³-hybridized carbons (Fsp3) is 0.556. The monoisotopic (exact) mass is 382 g/mol. The lowest BCUT2D eigenvalue weighted by atomic mass is 10.2. The number of rotatable bonds is 7. The van der Waals surface area contributed by atoms with Gasteiger partial charge in [-0.1, -0.05) is 26.3 Å². The number of amides is 1. The van der Waals surface area contributed by atoms with E-state index in [9.17, 15) is 18.0 Å². The van der Waals surface area contributed by atoms with Gasteiger partial charge in [0.1, 0.15) is 0 Å². The fourth-order valence-electron chi connectivity index (χ4n) is 2.62. The number of sulfonamides is 1. The van der Waals surface area contributed by atoms with E-state index in [0.717, 1.165) is 19.3 Å². The van der Waals surface area contributed by atoms with Crippen LogP contribution < -0.4 is 5.32 Å². The molecule has 1 aliphatic heterocycles. The van der Waals surface area contributed by atoms with Crippen LogP contribution in [-0.2, 0) is 19.6 Å². The molecule has 2 rings (SSSR count). The zero-order chi connectivity index (χ0) is 19.2. The van der Waals surface area contributed by atoms with Crippen molar-refractivity contribution in [1.82, 2.24) is 9.62 Å². The number of ether oxygens (including phenoxy) is 1. The molecular weight excluding hydrogens is 356 g/mol. The van der Waals surface area contributed by atoms with Crippen LogP contribution in [0.3, 0.4) is 0 Å². The molecule has 8 heteroatoms. The number of hydrogen-bond acceptors (Lipinski definition) is 5. The molecule has 1 aromatic rings.